The van der Waals surface area contributed by atoms with Gasteiger partial charge in [-0.15, -0.1) is 0 Å². The summed E-state index contributed by atoms with van der Waals surface area (Å²) in [6, 6.07) is 22.9. The zero-order chi connectivity index (χ0) is 38.7. The van der Waals surface area contributed by atoms with Crippen molar-refractivity contribution in [2.24, 2.45) is 0 Å². The number of unbranched alkanes of at least 4 members (excludes halogenated alkanes) is 4. The molecule has 1 heterocycles. The third kappa shape index (κ3) is 12.6. The minimum Gasteiger partial charge on any atom is -0.508 e. The van der Waals surface area contributed by atoms with Crippen LogP contribution >= 0.6 is 0 Å². The van der Waals surface area contributed by atoms with Gasteiger partial charge in [0.2, 0.25) is 0 Å². The molecule has 0 saturated heterocycles. The summed E-state index contributed by atoms with van der Waals surface area (Å²) in [5.41, 5.74) is 2.61. The molecule has 0 bridgehead atoms. The van der Waals surface area contributed by atoms with Crippen LogP contribution in [0.4, 0.5) is 0 Å². The fraction of sp³-hybridized carbons (Fsp3) is 0.386. The zero-order valence-corrected chi connectivity index (χ0v) is 32.3. The Morgan fingerprint density at radius 1 is 0.444 bits per heavy atom. The van der Waals surface area contributed by atoms with Crippen LogP contribution in [0.15, 0.2) is 78.9 Å². The Bertz CT molecular complexity index is 1780. The number of aryl methyl sites for hydroxylation is 1. The summed E-state index contributed by atoms with van der Waals surface area (Å²) in [4.78, 5) is 14.3. The Kier molecular flexibility index (Phi) is 16.7. The maximum atomic E-state index is 11.1. The highest BCUT2D eigenvalue weighted by Gasteiger charge is 2.20. The predicted octanol–water partition coefficient (Wildman–Crippen LogP) is 10.7. The first-order valence-electron chi connectivity index (χ1n) is 19.1. The molecular weight excluding hydrogens is 682 g/mol. The van der Waals surface area contributed by atoms with Crippen molar-refractivity contribution in [1.82, 2.24) is 15.0 Å². The number of aromatic hydroxyl groups is 3. The second-order valence-corrected chi connectivity index (χ2v) is 13.0. The van der Waals surface area contributed by atoms with E-state index in [0.29, 0.717) is 77.7 Å². The van der Waals surface area contributed by atoms with Crippen LogP contribution < -0.4 is 18.9 Å². The molecule has 288 valence electrons. The number of benzene rings is 4. The van der Waals surface area contributed by atoms with Crippen LogP contribution in [0.5, 0.6) is 40.2 Å². The van der Waals surface area contributed by atoms with E-state index in [1.165, 1.54) is 5.56 Å². The van der Waals surface area contributed by atoms with Crippen LogP contribution in [0.3, 0.4) is 0 Å². The van der Waals surface area contributed by atoms with E-state index in [1.807, 2.05) is 37.3 Å². The van der Waals surface area contributed by atoms with Gasteiger partial charge < -0.3 is 34.3 Å². The number of hydrogen-bond acceptors (Lipinski definition) is 10. The largest absolute Gasteiger partial charge is 0.508 e. The van der Waals surface area contributed by atoms with Crippen molar-refractivity contribution in [1.29, 1.82) is 0 Å². The summed E-state index contributed by atoms with van der Waals surface area (Å²) in [5.74, 6) is 3.49. The van der Waals surface area contributed by atoms with Gasteiger partial charge in [-0.3, -0.25) is 0 Å². The molecule has 5 rings (SSSR count). The summed E-state index contributed by atoms with van der Waals surface area (Å²) < 4.78 is 23.8. The Morgan fingerprint density at radius 3 is 1.20 bits per heavy atom. The smallest absolute Gasteiger partial charge is 0.167 e. The lowest BCUT2D eigenvalue weighted by molar-refractivity contribution is 0.295. The van der Waals surface area contributed by atoms with Gasteiger partial charge in [0.05, 0.1) is 43.1 Å². The summed E-state index contributed by atoms with van der Waals surface area (Å²) >= 11 is 0. The van der Waals surface area contributed by atoms with Crippen molar-refractivity contribution >= 4 is 0 Å². The van der Waals surface area contributed by atoms with Gasteiger partial charge in [0.25, 0.3) is 0 Å². The Morgan fingerprint density at radius 2 is 0.815 bits per heavy atom. The van der Waals surface area contributed by atoms with Gasteiger partial charge in [0.15, 0.2) is 17.5 Å². The molecule has 3 N–H and O–H groups in total. The van der Waals surface area contributed by atoms with Gasteiger partial charge in [-0.05, 0) is 81.1 Å². The SMILES string of the molecule is CCCCOc1ccc(-c2nc(-c3ccc(OCCCC)cc3O)nc(-c3ccc(OCCCC)cc3OCCCC)n2)c(O)c1.Cc1ccc(O)cc1. The Labute approximate surface area is 319 Å². The van der Waals surface area contributed by atoms with Crippen molar-refractivity contribution in [3.63, 3.8) is 0 Å². The fourth-order valence-electron chi connectivity index (χ4n) is 5.09. The number of phenolic OH excluding ortho intramolecular Hbond substituents is 3. The summed E-state index contributed by atoms with van der Waals surface area (Å²) in [6.45, 7) is 12.7. The molecule has 1 aromatic heterocycles. The molecule has 54 heavy (non-hydrogen) atoms. The molecule has 0 fully saturated rings. The summed E-state index contributed by atoms with van der Waals surface area (Å²) in [7, 11) is 0. The minimum absolute atomic E-state index is 0.0277. The molecule has 0 radical (unpaired) electrons. The van der Waals surface area contributed by atoms with Crippen molar-refractivity contribution in [2.75, 3.05) is 26.4 Å². The topological polar surface area (TPSA) is 136 Å². The average molecular weight is 738 g/mol. The van der Waals surface area contributed by atoms with E-state index in [1.54, 1.807) is 48.5 Å². The second-order valence-electron chi connectivity index (χ2n) is 13.0. The summed E-state index contributed by atoms with van der Waals surface area (Å²) in [6.07, 6.45) is 7.70. The maximum absolute atomic E-state index is 11.1. The highest BCUT2D eigenvalue weighted by atomic mass is 16.5. The highest BCUT2D eigenvalue weighted by Crippen LogP contribution is 2.38. The van der Waals surface area contributed by atoms with Crippen LogP contribution in [0.2, 0.25) is 0 Å². The maximum Gasteiger partial charge on any atom is 0.167 e. The number of phenols is 3. The zero-order valence-electron chi connectivity index (χ0n) is 32.3. The van der Waals surface area contributed by atoms with Crippen molar-refractivity contribution < 1.29 is 34.3 Å². The van der Waals surface area contributed by atoms with Gasteiger partial charge in [-0.2, -0.15) is 0 Å². The van der Waals surface area contributed by atoms with E-state index < -0.39 is 0 Å². The summed E-state index contributed by atoms with van der Waals surface area (Å²) in [5, 5.41) is 30.9. The van der Waals surface area contributed by atoms with Crippen LogP contribution in [0.25, 0.3) is 34.2 Å². The van der Waals surface area contributed by atoms with Crippen LogP contribution in [-0.2, 0) is 0 Å². The van der Waals surface area contributed by atoms with Gasteiger partial charge in [-0.1, -0.05) is 71.1 Å². The standard InChI is InChI=1S/C37H47N3O6.C7H8O/c1-5-9-19-43-26-13-16-29(32(41)23-26)35-38-36(30-17-14-27(24-33(30)42)44-20-10-6-2)40-37(39-35)31-18-15-28(45-21-11-7-3)25-34(31)46-22-12-8-4;1-6-2-4-7(8)5-3-6/h13-18,23-25,41-42H,5-12,19-22H2,1-4H3;2-5,8H,1H3. The average Bonchev–Trinajstić information content (AvgIpc) is 3.17. The number of rotatable bonds is 19. The fourth-order valence-corrected chi connectivity index (χ4v) is 5.09. The van der Waals surface area contributed by atoms with E-state index in [0.717, 1.165) is 51.4 Å². The minimum atomic E-state index is -0.0277. The van der Waals surface area contributed by atoms with Crippen LogP contribution in [0, 0.1) is 6.92 Å². The third-order valence-electron chi connectivity index (χ3n) is 8.34. The molecule has 0 atom stereocenters. The quantitative estimate of drug-likeness (QED) is 0.0702. The molecule has 10 nitrogen and oxygen atoms in total. The van der Waals surface area contributed by atoms with Gasteiger partial charge >= 0.3 is 0 Å². The lowest BCUT2D eigenvalue weighted by atomic mass is 10.1. The van der Waals surface area contributed by atoms with Gasteiger partial charge in [-0.25, -0.2) is 15.0 Å². The van der Waals surface area contributed by atoms with Crippen molar-refractivity contribution in [2.45, 2.75) is 86.0 Å². The van der Waals surface area contributed by atoms with Crippen LogP contribution in [-0.4, -0.2) is 56.7 Å². The molecule has 0 saturated carbocycles. The van der Waals surface area contributed by atoms with E-state index in [-0.39, 0.29) is 23.1 Å². The van der Waals surface area contributed by atoms with Gasteiger partial charge in [0, 0.05) is 18.2 Å². The van der Waals surface area contributed by atoms with Crippen LogP contribution in [0.1, 0.15) is 84.6 Å². The normalized spacial score (nSPS) is 10.7. The molecular formula is C44H55N3O7. The van der Waals surface area contributed by atoms with E-state index in [9.17, 15) is 10.2 Å². The number of nitrogens with zero attached hydrogens (tertiary/aromatic N) is 3. The molecule has 4 aromatic carbocycles. The predicted molar refractivity (Wildman–Crippen MR) is 214 cm³/mol. The molecule has 0 aliphatic heterocycles. The molecule has 0 spiro atoms. The number of hydrogen-bond donors (Lipinski definition) is 3. The molecule has 10 heteroatoms. The lowest BCUT2D eigenvalue weighted by Crippen LogP contribution is -2.04. The number of ether oxygens (including phenoxy) is 4. The first-order chi connectivity index (χ1) is 26.3. The molecule has 0 aliphatic rings. The van der Waals surface area contributed by atoms with E-state index >= 15 is 0 Å². The number of aromatic nitrogens is 3. The van der Waals surface area contributed by atoms with Crippen molar-refractivity contribution in [3.8, 4) is 74.4 Å². The third-order valence-corrected chi connectivity index (χ3v) is 8.34. The van der Waals surface area contributed by atoms with Crippen molar-refractivity contribution in [3.05, 3.63) is 84.4 Å². The highest BCUT2D eigenvalue weighted by molar-refractivity contribution is 5.74. The monoisotopic (exact) mass is 737 g/mol. The molecule has 0 unspecified atom stereocenters. The second kappa shape index (κ2) is 21.9. The van der Waals surface area contributed by atoms with Gasteiger partial charge in [0.1, 0.15) is 40.2 Å². The first-order valence-corrected chi connectivity index (χ1v) is 19.1. The molecule has 0 amide bonds. The Hall–Kier alpha value is -5.51. The molecule has 5 aromatic rings. The van der Waals surface area contributed by atoms with E-state index in [2.05, 4.69) is 27.7 Å². The first kappa shape index (κ1) is 41.2. The molecule has 0 aliphatic carbocycles. The van der Waals surface area contributed by atoms with E-state index in [4.69, 9.17) is 39.0 Å². The Balaban J connectivity index is 0.000000718. The lowest BCUT2D eigenvalue weighted by Gasteiger charge is -2.15.